The molecule has 0 spiro atoms. The Kier molecular flexibility index (Phi) is 7.07. The molecule has 7 nitrogen and oxygen atoms in total. The first-order valence-corrected chi connectivity index (χ1v) is 10.3. The van der Waals surface area contributed by atoms with Crippen molar-refractivity contribution in [3.63, 3.8) is 0 Å². The molecule has 0 saturated carbocycles. The number of nitrogens with zero attached hydrogens (tertiary/aromatic N) is 1. The van der Waals surface area contributed by atoms with Crippen LogP contribution in [0.4, 0.5) is 10.5 Å². The van der Waals surface area contributed by atoms with E-state index in [0.717, 1.165) is 18.4 Å². The summed E-state index contributed by atoms with van der Waals surface area (Å²) in [6.07, 6.45) is 1.77. The molecule has 1 atom stereocenters. The Morgan fingerprint density at radius 3 is 2.39 bits per heavy atom. The molecule has 0 fully saturated rings. The molecule has 7 heteroatoms. The Morgan fingerprint density at radius 2 is 1.77 bits per heavy atom. The standard InChI is InChI=1S/C24H27N3O4/c1-4-5-15-27-16(2)20(23(29)31-3)21(26-24(27)30)17-11-13-19(14-12-17)25-22(28)18-9-7-6-8-10-18/h6-14,21H,4-5,15H2,1-3H3,(H,25,28)(H,26,30)/t21-/m1/s1. The second-order valence-electron chi connectivity index (χ2n) is 7.32. The predicted octanol–water partition coefficient (Wildman–Crippen LogP) is 4.25. The number of amides is 3. The number of allylic oxidation sites excluding steroid dienone is 1. The van der Waals surface area contributed by atoms with Crippen LogP contribution >= 0.6 is 0 Å². The van der Waals surface area contributed by atoms with Gasteiger partial charge in [0.05, 0.1) is 18.7 Å². The van der Waals surface area contributed by atoms with Gasteiger partial charge in [-0.15, -0.1) is 0 Å². The van der Waals surface area contributed by atoms with Gasteiger partial charge in [-0.1, -0.05) is 43.7 Å². The number of hydrogen-bond acceptors (Lipinski definition) is 4. The number of hydrogen-bond donors (Lipinski definition) is 2. The molecule has 0 saturated heterocycles. The van der Waals surface area contributed by atoms with E-state index in [1.165, 1.54) is 7.11 Å². The van der Waals surface area contributed by atoms with E-state index in [9.17, 15) is 14.4 Å². The van der Waals surface area contributed by atoms with Gasteiger partial charge in [0.15, 0.2) is 0 Å². The van der Waals surface area contributed by atoms with Crippen molar-refractivity contribution in [2.24, 2.45) is 0 Å². The average Bonchev–Trinajstić information content (AvgIpc) is 2.79. The monoisotopic (exact) mass is 421 g/mol. The molecule has 0 aromatic heterocycles. The molecular formula is C24H27N3O4. The summed E-state index contributed by atoms with van der Waals surface area (Å²) in [5.74, 6) is -0.692. The van der Waals surface area contributed by atoms with Crippen molar-refractivity contribution >= 4 is 23.6 Å². The van der Waals surface area contributed by atoms with Gasteiger partial charge in [0.1, 0.15) is 0 Å². The molecule has 0 bridgehead atoms. The quantitative estimate of drug-likeness (QED) is 0.654. The van der Waals surface area contributed by atoms with Gasteiger partial charge in [-0.25, -0.2) is 9.59 Å². The van der Waals surface area contributed by atoms with Crippen LogP contribution in [0, 0.1) is 0 Å². The largest absolute Gasteiger partial charge is 0.466 e. The van der Waals surface area contributed by atoms with E-state index >= 15 is 0 Å². The van der Waals surface area contributed by atoms with Crippen LogP contribution in [0.2, 0.25) is 0 Å². The van der Waals surface area contributed by atoms with Crippen LogP contribution in [-0.2, 0) is 9.53 Å². The van der Waals surface area contributed by atoms with Crippen molar-refractivity contribution in [1.29, 1.82) is 0 Å². The summed E-state index contributed by atoms with van der Waals surface area (Å²) >= 11 is 0. The van der Waals surface area contributed by atoms with Crippen molar-refractivity contribution < 1.29 is 19.1 Å². The SMILES string of the molecule is CCCCN1C(=O)N[C@H](c2ccc(NC(=O)c3ccccc3)cc2)C(C(=O)OC)=C1C. The maximum absolute atomic E-state index is 12.7. The lowest BCUT2D eigenvalue weighted by Gasteiger charge is -2.35. The molecule has 2 aromatic carbocycles. The number of benzene rings is 2. The van der Waals surface area contributed by atoms with Gasteiger partial charge in [-0.2, -0.15) is 0 Å². The fraction of sp³-hybridized carbons (Fsp3) is 0.292. The van der Waals surface area contributed by atoms with E-state index < -0.39 is 12.0 Å². The Hall–Kier alpha value is -3.61. The van der Waals surface area contributed by atoms with Gasteiger partial charge < -0.3 is 15.4 Å². The molecular weight excluding hydrogens is 394 g/mol. The Bertz CT molecular complexity index is 984. The van der Waals surface area contributed by atoms with Crippen LogP contribution in [-0.4, -0.2) is 36.5 Å². The van der Waals surface area contributed by atoms with Gasteiger partial charge >= 0.3 is 12.0 Å². The number of carbonyl (C=O) groups excluding carboxylic acids is 3. The summed E-state index contributed by atoms with van der Waals surface area (Å²) in [7, 11) is 1.33. The fourth-order valence-corrected chi connectivity index (χ4v) is 3.54. The minimum Gasteiger partial charge on any atom is -0.466 e. The lowest BCUT2D eigenvalue weighted by atomic mass is 9.94. The summed E-state index contributed by atoms with van der Waals surface area (Å²) in [6.45, 7) is 4.34. The van der Waals surface area contributed by atoms with Crippen LogP contribution in [0.1, 0.15) is 48.7 Å². The predicted molar refractivity (Wildman–Crippen MR) is 118 cm³/mol. The number of ether oxygens (including phenoxy) is 1. The maximum Gasteiger partial charge on any atom is 0.337 e. The van der Waals surface area contributed by atoms with Crippen molar-refractivity contribution in [2.75, 3.05) is 19.0 Å². The van der Waals surface area contributed by atoms with Crippen molar-refractivity contribution in [3.05, 3.63) is 77.0 Å². The van der Waals surface area contributed by atoms with Crippen molar-refractivity contribution in [2.45, 2.75) is 32.7 Å². The zero-order valence-electron chi connectivity index (χ0n) is 18.0. The molecule has 3 rings (SSSR count). The number of urea groups is 1. The summed E-state index contributed by atoms with van der Waals surface area (Å²) in [4.78, 5) is 39.2. The molecule has 0 radical (unpaired) electrons. The van der Waals surface area contributed by atoms with Gasteiger partial charge in [-0.3, -0.25) is 9.69 Å². The minimum absolute atomic E-state index is 0.211. The summed E-state index contributed by atoms with van der Waals surface area (Å²) < 4.78 is 4.99. The zero-order chi connectivity index (χ0) is 22.4. The maximum atomic E-state index is 12.7. The van der Waals surface area contributed by atoms with E-state index in [4.69, 9.17) is 4.74 Å². The molecule has 1 aliphatic heterocycles. The molecule has 1 aliphatic rings. The van der Waals surface area contributed by atoms with E-state index in [1.54, 1.807) is 60.4 Å². The van der Waals surface area contributed by atoms with E-state index in [1.807, 2.05) is 13.0 Å². The normalized spacial score (nSPS) is 16.0. The highest BCUT2D eigenvalue weighted by Crippen LogP contribution is 2.32. The van der Waals surface area contributed by atoms with Gasteiger partial charge in [0.25, 0.3) is 5.91 Å². The lowest BCUT2D eigenvalue weighted by Crippen LogP contribution is -2.48. The molecule has 162 valence electrons. The Balaban J connectivity index is 1.85. The number of carbonyl (C=O) groups is 3. The molecule has 1 heterocycles. The first kappa shape index (κ1) is 22.1. The average molecular weight is 421 g/mol. The topological polar surface area (TPSA) is 87.7 Å². The third-order valence-electron chi connectivity index (χ3n) is 5.27. The van der Waals surface area contributed by atoms with Crippen molar-refractivity contribution in [1.82, 2.24) is 10.2 Å². The number of nitrogens with one attached hydrogen (secondary N) is 2. The number of rotatable bonds is 7. The smallest absolute Gasteiger partial charge is 0.337 e. The molecule has 3 amide bonds. The third-order valence-corrected chi connectivity index (χ3v) is 5.27. The van der Waals surface area contributed by atoms with Crippen LogP contribution < -0.4 is 10.6 Å². The van der Waals surface area contributed by atoms with Crippen molar-refractivity contribution in [3.8, 4) is 0 Å². The number of esters is 1. The first-order chi connectivity index (χ1) is 15.0. The minimum atomic E-state index is -0.628. The zero-order valence-corrected chi connectivity index (χ0v) is 18.0. The first-order valence-electron chi connectivity index (χ1n) is 10.3. The number of methoxy groups -OCH3 is 1. The number of anilines is 1. The molecule has 31 heavy (non-hydrogen) atoms. The van der Waals surface area contributed by atoms with E-state index in [0.29, 0.717) is 29.1 Å². The molecule has 2 aromatic rings. The summed E-state index contributed by atoms with van der Waals surface area (Å²) in [5.41, 5.74) is 2.89. The fourth-order valence-electron chi connectivity index (χ4n) is 3.54. The highest BCUT2D eigenvalue weighted by atomic mass is 16.5. The molecule has 2 N–H and O–H groups in total. The van der Waals surface area contributed by atoms with E-state index in [-0.39, 0.29) is 11.9 Å². The van der Waals surface area contributed by atoms with Gasteiger partial charge in [-0.05, 0) is 43.2 Å². The second-order valence-corrected chi connectivity index (χ2v) is 7.32. The molecule has 0 aliphatic carbocycles. The lowest BCUT2D eigenvalue weighted by molar-refractivity contribution is -0.136. The third kappa shape index (κ3) is 4.94. The van der Waals surface area contributed by atoms with Crippen LogP contribution in [0.15, 0.2) is 65.9 Å². The number of unbranched alkanes of at least 4 members (excludes halogenated alkanes) is 1. The summed E-state index contributed by atoms with van der Waals surface area (Å²) in [6, 6.07) is 15.1. The molecule has 0 unspecified atom stereocenters. The Labute approximate surface area is 182 Å². The van der Waals surface area contributed by atoms with Gasteiger partial charge in [0.2, 0.25) is 0 Å². The second kappa shape index (κ2) is 9.93. The Morgan fingerprint density at radius 1 is 1.10 bits per heavy atom. The summed E-state index contributed by atoms with van der Waals surface area (Å²) in [5, 5.41) is 5.76. The van der Waals surface area contributed by atoms with Gasteiger partial charge in [0, 0.05) is 23.5 Å². The highest BCUT2D eigenvalue weighted by Gasteiger charge is 2.35. The van der Waals surface area contributed by atoms with Crippen LogP contribution in [0.25, 0.3) is 0 Å². The van der Waals surface area contributed by atoms with Crippen LogP contribution in [0.5, 0.6) is 0 Å². The highest BCUT2D eigenvalue weighted by molar-refractivity contribution is 6.04. The van der Waals surface area contributed by atoms with E-state index in [2.05, 4.69) is 10.6 Å². The van der Waals surface area contributed by atoms with Crippen LogP contribution in [0.3, 0.4) is 0 Å².